The highest BCUT2D eigenvalue weighted by Gasteiger charge is 1.83. The van der Waals surface area contributed by atoms with Crippen molar-refractivity contribution in [3.63, 3.8) is 0 Å². The molecule has 0 saturated heterocycles. The van der Waals surface area contributed by atoms with Crippen LogP contribution < -0.4 is 0 Å². The molecule has 0 amide bonds. The van der Waals surface area contributed by atoms with Crippen molar-refractivity contribution in [1.29, 1.82) is 0 Å². The van der Waals surface area contributed by atoms with E-state index in [1.165, 1.54) is 5.52 Å². The molecule has 0 spiro atoms. The molecule has 0 aromatic carbocycles. The van der Waals surface area contributed by atoms with Gasteiger partial charge in [-0.15, -0.1) is 10.2 Å². The van der Waals surface area contributed by atoms with E-state index in [0.717, 1.165) is 0 Å². The third kappa shape index (κ3) is 2.60. The lowest BCUT2D eigenvalue weighted by atomic mass is 10.4. The van der Waals surface area contributed by atoms with E-state index in [2.05, 4.69) is 31.9 Å². The zero-order chi connectivity index (χ0) is 10.3. The maximum Gasteiger partial charge on any atom is 0.0529 e. The van der Waals surface area contributed by atoms with Crippen LogP contribution in [0.2, 0.25) is 0 Å². The summed E-state index contributed by atoms with van der Waals surface area (Å²) >= 11 is 0. The summed E-state index contributed by atoms with van der Waals surface area (Å²) in [6.45, 7) is 0. The van der Waals surface area contributed by atoms with E-state index >= 15 is 0 Å². The van der Waals surface area contributed by atoms with Crippen molar-refractivity contribution in [2.45, 2.75) is 0 Å². The Labute approximate surface area is 87.2 Å². The molecule has 0 aliphatic rings. The average Bonchev–Trinajstić information content (AvgIpc) is 2.80. The van der Waals surface area contributed by atoms with Gasteiger partial charge in [-0.1, -0.05) is 6.07 Å². The normalized spacial score (nSPS) is 9.33. The molecule has 3 heterocycles. The van der Waals surface area contributed by atoms with Crippen LogP contribution in [-0.2, 0) is 0 Å². The smallest absolute Gasteiger partial charge is 0.0529 e. The Kier molecular flexibility index (Phi) is 3.02. The van der Waals surface area contributed by atoms with Crippen molar-refractivity contribution < 1.29 is 0 Å². The van der Waals surface area contributed by atoms with E-state index in [9.17, 15) is 0 Å². The summed E-state index contributed by atoms with van der Waals surface area (Å²) in [5.74, 6) is 0. The van der Waals surface area contributed by atoms with Gasteiger partial charge in [0, 0.05) is 17.9 Å². The number of hydrogen-bond acceptors (Lipinski definition) is 3. The number of rotatable bonds is 0. The van der Waals surface area contributed by atoms with Gasteiger partial charge in [0.1, 0.15) is 0 Å². The highest BCUT2D eigenvalue weighted by molar-refractivity contribution is 5.46. The number of hydrogen-bond donors (Lipinski definition) is 0. The molecule has 3 aromatic heterocycles. The molecule has 0 bridgehead atoms. The molecule has 0 saturated carbocycles. The molecule has 0 radical (unpaired) electrons. The molecule has 0 atom stereocenters. The molecule has 0 fully saturated rings. The summed E-state index contributed by atoms with van der Waals surface area (Å²) in [6.07, 6.45) is 7.23. The number of nitrogens with zero attached hydrogens (tertiary/aromatic N) is 4. The molecule has 4 heteroatoms. The van der Waals surface area contributed by atoms with Gasteiger partial charge in [-0.2, -0.15) is 0 Å². The average molecular weight is 198 g/mol. The van der Waals surface area contributed by atoms with E-state index in [-0.39, 0.29) is 0 Å². The van der Waals surface area contributed by atoms with Gasteiger partial charge in [-0.05, 0) is 35.5 Å². The maximum absolute atomic E-state index is 3.42. The van der Waals surface area contributed by atoms with Gasteiger partial charge in [-0.25, -0.2) is 0 Å². The fourth-order valence-corrected chi connectivity index (χ4v) is 1.19. The molecule has 74 valence electrons. The van der Waals surface area contributed by atoms with Gasteiger partial charge in [0.2, 0.25) is 0 Å². The van der Waals surface area contributed by atoms with Gasteiger partial charge < -0.3 is 4.40 Å². The standard InChI is InChI=1S/C8H7N.C3H3N3/c1-2-6-9-7-3-5-8(9)4-1;1-2-4-6-5-3-1/h1-7H;1-3H. The molecular formula is C11H10N4. The fourth-order valence-electron chi connectivity index (χ4n) is 1.19. The summed E-state index contributed by atoms with van der Waals surface area (Å²) in [5, 5.41) is 10.1. The number of fused-ring (bicyclic) bond motifs is 1. The zero-order valence-corrected chi connectivity index (χ0v) is 8.06. The van der Waals surface area contributed by atoms with E-state index < -0.39 is 0 Å². The van der Waals surface area contributed by atoms with Crippen LogP contribution in [0, 0.1) is 0 Å². The molecule has 0 unspecified atom stereocenters. The Morgan fingerprint density at radius 1 is 0.800 bits per heavy atom. The van der Waals surface area contributed by atoms with E-state index in [1.807, 2.05) is 30.6 Å². The third-order valence-electron chi connectivity index (χ3n) is 1.85. The highest BCUT2D eigenvalue weighted by Crippen LogP contribution is 2.01. The van der Waals surface area contributed by atoms with Gasteiger partial charge in [0.25, 0.3) is 0 Å². The van der Waals surface area contributed by atoms with E-state index in [1.54, 1.807) is 18.5 Å². The number of pyridine rings is 1. The van der Waals surface area contributed by atoms with Crippen molar-refractivity contribution in [3.8, 4) is 0 Å². The minimum Gasteiger partial charge on any atom is -0.324 e. The van der Waals surface area contributed by atoms with Crippen LogP contribution in [0.5, 0.6) is 0 Å². The minimum atomic E-state index is 1.25. The molecule has 4 nitrogen and oxygen atoms in total. The summed E-state index contributed by atoms with van der Waals surface area (Å²) in [4.78, 5) is 0. The van der Waals surface area contributed by atoms with Crippen LogP contribution in [-0.4, -0.2) is 19.8 Å². The van der Waals surface area contributed by atoms with Crippen LogP contribution in [0.25, 0.3) is 5.52 Å². The predicted molar refractivity (Wildman–Crippen MR) is 57.2 cm³/mol. The second-order valence-corrected chi connectivity index (χ2v) is 2.85. The van der Waals surface area contributed by atoms with E-state index in [0.29, 0.717) is 0 Å². The Morgan fingerprint density at radius 3 is 2.13 bits per heavy atom. The second-order valence-electron chi connectivity index (χ2n) is 2.85. The van der Waals surface area contributed by atoms with Crippen LogP contribution in [0.15, 0.2) is 61.2 Å². The largest absolute Gasteiger partial charge is 0.324 e. The van der Waals surface area contributed by atoms with Gasteiger partial charge in [0.05, 0.1) is 12.4 Å². The Bertz CT molecular complexity index is 447. The molecule has 0 N–H and O–H groups in total. The first-order valence-corrected chi connectivity index (χ1v) is 4.57. The van der Waals surface area contributed by atoms with Crippen molar-refractivity contribution in [1.82, 2.24) is 19.8 Å². The van der Waals surface area contributed by atoms with Crippen LogP contribution in [0.1, 0.15) is 0 Å². The highest BCUT2D eigenvalue weighted by atomic mass is 15.3. The summed E-state index contributed by atoms with van der Waals surface area (Å²) < 4.78 is 2.08. The van der Waals surface area contributed by atoms with E-state index in [4.69, 9.17) is 0 Å². The van der Waals surface area contributed by atoms with Crippen LogP contribution in [0.3, 0.4) is 0 Å². The lowest BCUT2D eigenvalue weighted by molar-refractivity contribution is 0.865. The van der Waals surface area contributed by atoms with Crippen molar-refractivity contribution >= 4 is 5.52 Å². The van der Waals surface area contributed by atoms with Gasteiger partial charge >= 0.3 is 0 Å². The summed E-state index contributed by atoms with van der Waals surface area (Å²) in [6, 6.07) is 12.0. The van der Waals surface area contributed by atoms with Crippen molar-refractivity contribution in [2.24, 2.45) is 0 Å². The lowest BCUT2D eigenvalue weighted by Crippen LogP contribution is -1.78. The quantitative estimate of drug-likeness (QED) is 0.553. The fraction of sp³-hybridized carbons (Fsp3) is 0. The van der Waals surface area contributed by atoms with Crippen molar-refractivity contribution in [3.05, 3.63) is 61.2 Å². The summed E-state index contributed by atoms with van der Waals surface area (Å²) in [5.41, 5.74) is 1.25. The second kappa shape index (κ2) is 4.85. The molecule has 15 heavy (non-hydrogen) atoms. The first kappa shape index (κ1) is 9.33. The third-order valence-corrected chi connectivity index (χ3v) is 1.85. The number of aromatic nitrogens is 4. The van der Waals surface area contributed by atoms with Crippen molar-refractivity contribution in [2.75, 3.05) is 0 Å². The first-order chi connectivity index (χ1) is 7.47. The maximum atomic E-state index is 3.42. The summed E-state index contributed by atoms with van der Waals surface area (Å²) in [7, 11) is 0. The topological polar surface area (TPSA) is 43.1 Å². The lowest BCUT2D eigenvalue weighted by Gasteiger charge is -1.88. The monoisotopic (exact) mass is 198 g/mol. The Balaban J connectivity index is 0.000000124. The SMILES string of the molecule is c1ccn2cccc2c1.c1cnnnc1. The van der Waals surface area contributed by atoms with Crippen LogP contribution in [0.4, 0.5) is 0 Å². The molecule has 3 rings (SSSR count). The first-order valence-electron chi connectivity index (χ1n) is 4.57. The predicted octanol–water partition coefficient (Wildman–Crippen LogP) is 1.81. The molecule has 0 aliphatic heterocycles. The van der Waals surface area contributed by atoms with Gasteiger partial charge in [-0.3, -0.25) is 0 Å². The molecule has 0 aliphatic carbocycles. The molecule has 3 aromatic rings. The zero-order valence-electron chi connectivity index (χ0n) is 8.06. The Morgan fingerprint density at radius 2 is 1.53 bits per heavy atom. The Hall–Kier alpha value is -2.23. The molecular weight excluding hydrogens is 188 g/mol. The van der Waals surface area contributed by atoms with Crippen LogP contribution >= 0.6 is 0 Å². The minimum absolute atomic E-state index is 1.25. The van der Waals surface area contributed by atoms with Gasteiger partial charge in [0.15, 0.2) is 0 Å².